The number of benzene rings is 1. The number of halogens is 1. The average Bonchev–Trinajstić information content (AvgIpc) is 3.41. The van der Waals surface area contributed by atoms with Crippen molar-refractivity contribution in [2.75, 3.05) is 19.5 Å². The summed E-state index contributed by atoms with van der Waals surface area (Å²) in [6, 6.07) is 5.12. The summed E-state index contributed by atoms with van der Waals surface area (Å²) in [5.74, 6) is -0.00223. The predicted molar refractivity (Wildman–Crippen MR) is 133 cm³/mol. The molecule has 4 rings (SSSR count). The van der Waals surface area contributed by atoms with Crippen LogP contribution in [0.5, 0.6) is 5.75 Å². The lowest BCUT2D eigenvalue weighted by molar-refractivity contribution is -0.134. The Labute approximate surface area is 207 Å². The summed E-state index contributed by atoms with van der Waals surface area (Å²) < 4.78 is 8.56. The highest BCUT2D eigenvalue weighted by molar-refractivity contribution is 6.31. The lowest BCUT2D eigenvalue weighted by Crippen LogP contribution is -2.44. The number of likely N-dealkylation sites (N-methyl/N-ethyl adjacent to an activating group) is 1. The van der Waals surface area contributed by atoms with Gasteiger partial charge in [-0.1, -0.05) is 11.6 Å². The minimum atomic E-state index is -0.395. The second-order valence-corrected chi connectivity index (χ2v) is 9.41. The standard InChI is InChI=1S/C24H26ClN7O3/c1-24(2,3)30(4)21(33)14-31-13-18(22(29-31)16-10-15(25)6-7-20(16)35-5)28-23(34)17-11-27-32-9-8-26-12-19(17)32/h6-13H,14H2,1-5H3,(H,28,34). The first-order valence-electron chi connectivity index (χ1n) is 10.8. The van der Waals surface area contributed by atoms with E-state index in [0.717, 1.165) is 0 Å². The monoisotopic (exact) mass is 495 g/mol. The zero-order chi connectivity index (χ0) is 25.3. The van der Waals surface area contributed by atoms with E-state index in [0.29, 0.717) is 38.8 Å². The molecule has 0 atom stereocenters. The van der Waals surface area contributed by atoms with E-state index in [1.54, 1.807) is 59.4 Å². The second-order valence-electron chi connectivity index (χ2n) is 8.98. The van der Waals surface area contributed by atoms with Gasteiger partial charge in [0.05, 0.1) is 36.3 Å². The molecule has 35 heavy (non-hydrogen) atoms. The van der Waals surface area contributed by atoms with Crippen LogP contribution in [0.3, 0.4) is 0 Å². The molecule has 10 nitrogen and oxygen atoms in total. The molecule has 0 unspecified atom stereocenters. The molecule has 0 aliphatic carbocycles. The van der Waals surface area contributed by atoms with E-state index in [9.17, 15) is 9.59 Å². The van der Waals surface area contributed by atoms with E-state index in [1.165, 1.54) is 18.0 Å². The maximum Gasteiger partial charge on any atom is 0.259 e. The molecule has 0 saturated carbocycles. The number of hydrogen-bond acceptors (Lipinski definition) is 6. The Balaban J connectivity index is 1.74. The lowest BCUT2D eigenvalue weighted by atomic mass is 10.1. The van der Waals surface area contributed by atoms with Crippen LogP contribution < -0.4 is 10.1 Å². The molecule has 0 aliphatic rings. The van der Waals surface area contributed by atoms with Crippen LogP contribution >= 0.6 is 11.6 Å². The Morgan fingerprint density at radius 3 is 2.71 bits per heavy atom. The fourth-order valence-corrected chi connectivity index (χ4v) is 3.65. The number of methoxy groups -OCH3 is 1. The van der Waals surface area contributed by atoms with Crippen molar-refractivity contribution in [2.24, 2.45) is 0 Å². The molecule has 182 valence electrons. The summed E-state index contributed by atoms with van der Waals surface area (Å²) in [4.78, 5) is 31.8. The number of aromatic nitrogens is 5. The Morgan fingerprint density at radius 2 is 2.00 bits per heavy atom. The van der Waals surface area contributed by atoms with Crippen molar-refractivity contribution in [3.8, 4) is 17.0 Å². The smallest absolute Gasteiger partial charge is 0.259 e. The van der Waals surface area contributed by atoms with Crippen LogP contribution in [0, 0.1) is 0 Å². The number of fused-ring (bicyclic) bond motifs is 1. The maximum absolute atomic E-state index is 13.2. The molecule has 0 saturated heterocycles. The van der Waals surface area contributed by atoms with Gasteiger partial charge < -0.3 is 15.0 Å². The molecular formula is C24H26ClN7O3. The molecule has 1 N–H and O–H groups in total. The van der Waals surface area contributed by atoms with Crippen LogP contribution in [0.2, 0.25) is 5.02 Å². The Morgan fingerprint density at radius 1 is 1.23 bits per heavy atom. The predicted octanol–water partition coefficient (Wildman–Crippen LogP) is 3.76. The van der Waals surface area contributed by atoms with Gasteiger partial charge in [-0.2, -0.15) is 10.2 Å². The highest BCUT2D eigenvalue weighted by atomic mass is 35.5. The SMILES string of the molecule is COc1ccc(Cl)cc1-c1nn(CC(=O)N(C)C(C)(C)C)cc1NC(=O)c1cnn2ccncc12. The van der Waals surface area contributed by atoms with Gasteiger partial charge in [-0.05, 0) is 39.0 Å². The number of carbonyl (C=O) groups is 2. The van der Waals surface area contributed by atoms with Gasteiger partial charge in [-0.3, -0.25) is 19.3 Å². The van der Waals surface area contributed by atoms with Crippen molar-refractivity contribution in [3.63, 3.8) is 0 Å². The van der Waals surface area contributed by atoms with Crippen molar-refractivity contribution in [1.29, 1.82) is 0 Å². The number of hydrogen-bond donors (Lipinski definition) is 1. The minimum absolute atomic E-state index is 0.0137. The number of rotatable bonds is 6. The first-order chi connectivity index (χ1) is 16.6. The molecular weight excluding hydrogens is 470 g/mol. The van der Waals surface area contributed by atoms with Gasteiger partial charge in [0.25, 0.3) is 5.91 Å². The summed E-state index contributed by atoms with van der Waals surface area (Å²) in [5.41, 5.74) is 1.94. The van der Waals surface area contributed by atoms with Gasteiger partial charge in [0, 0.05) is 41.8 Å². The van der Waals surface area contributed by atoms with E-state index in [-0.39, 0.29) is 18.0 Å². The van der Waals surface area contributed by atoms with Crippen molar-refractivity contribution < 1.29 is 14.3 Å². The van der Waals surface area contributed by atoms with Crippen molar-refractivity contribution in [3.05, 3.63) is 59.8 Å². The fourth-order valence-electron chi connectivity index (χ4n) is 3.48. The Bertz CT molecular complexity index is 1400. The van der Waals surface area contributed by atoms with Gasteiger partial charge in [0.15, 0.2) is 0 Å². The lowest BCUT2D eigenvalue weighted by Gasteiger charge is -2.31. The molecule has 3 heterocycles. The van der Waals surface area contributed by atoms with Gasteiger partial charge in [0.2, 0.25) is 5.91 Å². The molecule has 2 amide bonds. The zero-order valence-corrected chi connectivity index (χ0v) is 20.9. The summed E-state index contributed by atoms with van der Waals surface area (Å²) in [6.07, 6.45) is 7.89. The summed E-state index contributed by atoms with van der Waals surface area (Å²) in [6.45, 7) is 5.84. The van der Waals surface area contributed by atoms with Crippen molar-refractivity contribution in [2.45, 2.75) is 32.9 Å². The van der Waals surface area contributed by atoms with Crippen LogP contribution in [0.1, 0.15) is 31.1 Å². The van der Waals surface area contributed by atoms with Gasteiger partial charge in [0.1, 0.15) is 18.0 Å². The third-order valence-corrected chi connectivity index (χ3v) is 5.91. The van der Waals surface area contributed by atoms with Crippen molar-refractivity contribution in [1.82, 2.24) is 29.3 Å². The van der Waals surface area contributed by atoms with Gasteiger partial charge >= 0.3 is 0 Å². The highest BCUT2D eigenvalue weighted by Crippen LogP contribution is 2.36. The number of nitrogens with one attached hydrogen (secondary N) is 1. The molecule has 11 heteroatoms. The number of ether oxygens (including phenoxy) is 1. The first-order valence-corrected chi connectivity index (χ1v) is 11.2. The third-order valence-electron chi connectivity index (χ3n) is 5.67. The second kappa shape index (κ2) is 9.38. The van der Waals surface area contributed by atoms with Crippen LogP contribution in [-0.2, 0) is 11.3 Å². The highest BCUT2D eigenvalue weighted by Gasteiger charge is 2.25. The van der Waals surface area contributed by atoms with Crippen LogP contribution in [0.4, 0.5) is 5.69 Å². The largest absolute Gasteiger partial charge is 0.496 e. The molecule has 0 fully saturated rings. The van der Waals surface area contributed by atoms with E-state index in [2.05, 4.69) is 20.5 Å². The Kier molecular flexibility index (Phi) is 6.49. The van der Waals surface area contributed by atoms with Gasteiger partial charge in [-0.15, -0.1) is 0 Å². The van der Waals surface area contributed by atoms with Crippen LogP contribution in [-0.4, -0.2) is 60.8 Å². The number of nitrogens with zero attached hydrogens (tertiary/aromatic N) is 6. The van der Waals surface area contributed by atoms with E-state index >= 15 is 0 Å². The summed E-state index contributed by atoms with van der Waals surface area (Å²) in [7, 11) is 3.28. The molecule has 4 aromatic rings. The molecule has 0 bridgehead atoms. The van der Waals surface area contributed by atoms with E-state index in [1.807, 2.05) is 20.8 Å². The number of anilines is 1. The molecule has 0 radical (unpaired) electrons. The zero-order valence-electron chi connectivity index (χ0n) is 20.1. The third kappa shape index (κ3) is 4.97. The van der Waals surface area contributed by atoms with Gasteiger partial charge in [-0.25, -0.2) is 4.52 Å². The molecule has 3 aromatic heterocycles. The normalized spacial score (nSPS) is 11.5. The molecule has 1 aromatic carbocycles. The van der Waals surface area contributed by atoms with E-state index < -0.39 is 5.91 Å². The molecule has 0 aliphatic heterocycles. The Hall–Kier alpha value is -3.92. The average molecular weight is 496 g/mol. The van der Waals surface area contributed by atoms with Crippen LogP contribution in [0.15, 0.2) is 49.2 Å². The first kappa shape index (κ1) is 24.2. The van der Waals surface area contributed by atoms with E-state index in [4.69, 9.17) is 16.3 Å². The molecule has 0 spiro atoms. The quantitative estimate of drug-likeness (QED) is 0.436. The minimum Gasteiger partial charge on any atom is -0.496 e. The fraction of sp³-hybridized carbons (Fsp3) is 0.292. The summed E-state index contributed by atoms with van der Waals surface area (Å²) in [5, 5.41) is 12.2. The number of amides is 2. The van der Waals surface area contributed by atoms with Crippen molar-refractivity contribution >= 4 is 34.6 Å². The topological polar surface area (TPSA) is 107 Å². The maximum atomic E-state index is 13.2. The number of carbonyl (C=O) groups excluding carboxylic acids is 2. The van der Waals surface area contributed by atoms with Crippen LogP contribution in [0.25, 0.3) is 16.8 Å². The summed E-state index contributed by atoms with van der Waals surface area (Å²) >= 11 is 6.25.